The number of carbonyl (C=O) groups is 2. The molecule has 1 amide bonds. The molecule has 1 heterocycles. The van der Waals surface area contributed by atoms with Crippen LogP contribution in [0.2, 0.25) is 0 Å². The summed E-state index contributed by atoms with van der Waals surface area (Å²) in [6.07, 6.45) is -5.15. The van der Waals surface area contributed by atoms with E-state index in [4.69, 9.17) is 4.74 Å². The van der Waals surface area contributed by atoms with E-state index in [1.807, 2.05) is 0 Å². The van der Waals surface area contributed by atoms with Gasteiger partial charge in [-0.05, 0) is 45.1 Å². The number of thiophene rings is 1. The van der Waals surface area contributed by atoms with E-state index in [1.54, 1.807) is 0 Å². The topological polar surface area (TPSA) is 55.4 Å². The standard InChI is InChI=1S/C18H18F9NO3S/c1-8(2)31-13(29)11-9-6-4-3-5-7-10(9)32-12(11)28-14(30)15(19,20)16(21,22)17(23,24)18(25,26)27/h8H,3-7H2,1-2H3,(H,28,30). The Bertz CT molecular complexity index is 878. The maximum absolute atomic E-state index is 13.9. The number of halogens is 9. The van der Waals surface area contributed by atoms with Gasteiger partial charge in [0.25, 0.3) is 0 Å². The number of hydrogen-bond donors (Lipinski definition) is 1. The molecule has 0 radical (unpaired) electrons. The van der Waals surface area contributed by atoms with E-state index in [0.29, 0.717) is 41.0 Å². The summed E-state index contributed by atoms with van der Waals surface area (Å²) in [5.74, 6) is -25.0. The van der Waals surface area contributed by atoms with Crippen LogP contribution < -0.4 is 5.32 Å². The first kappa shape index (κ1) is 26.3. The molecule has 1 aromatic rings. The van der Waals surface area contributed by atoms with E-state index in [0.717, 1.165) is 6.42 Å². The van der Waals surface area contributed by atoms with Crippen LogP contribution in [0.5, 0.6) is 0 Å². The first-order chi connectivity index (χ1) is 14.4. The normalized spacial score (nSPS) is 15.9. The molecule has 0 spiro atoms. The molecule has 14 heteroatoms. The average Bonchev–Trinajstić information content (AvgIpc) is 2.80. The van der Waals surface area contributed by atoms with E-state index in [2.05, 4.69) is 0 Å². The summed E-state index contributed by atoms with van der Waals surface area (Å²) in [7, 11) is 0. The van der Waals surface area contributed by atoms with Crippen LogP contribution in [0.3, 0.4) is 0 Å². The summed E-state index contributed by atoms with van der Waals surface area (Å²) in [5, 5.41) is 0.578. The Morgan fingerprint density at radius 2 is 1.47 bits per heavy atom. The van der Waals surface area contributed by atoms with Crippen LogP contribution in [-0.4, -0.2) is 41.9 Å². The van der Waals surface area contributed by atoms with Gasteiger partial charge in [0, 0.05) is 4.88 Å². The van der Waals surface area contributed by atoms with Gasteiger partial charge >= 0.3 is 35.8 Å². The molecule has 0 aromatic carbocycles. The van der Waals surface area contributed by atoms with Crippen molar-refractivity contribution in [3.63, 3.8) is 0 Å². The third-order valence-electron chi connectivity index (χ3n) is 4.63. The molecule has 1 aliphatic rings. The van der Waals surface area contributed by atoms with Gasteiger partial charge in [0.1, 0.15) is 5.00 Å². The van der Waals surface area contributed by atoms with Crippen LogP contribution in [0.15, 0.2) is 0 Å². The van der Waals surface area contributed by atoms with Crippen molar-refractivity contribution >= 4 is 28.2 Å². The molecule has 1 aromatic heterocycles. The van der Waals surface area contributed by atoms with Crippen molar-refractivity contribution in [2.24, 2.45) is 0 Å². The van der Waals surface area contributed by atoms with Crippen molar-refractivity contribution in [1.29, 1.82) is 0 Å². The van der Waals surface area contributed by atoms with Gasteiger partial charge < -0.3 is 10.1 Å². The van der Waals surface area contributed by atoms with Crippen LogP contribution in [0, 0.1) is 0 Å². The first-order valence-corrected chi connectivity index (χ1v) is 10.1. The number of alkyl halides is 9. The molecule has 0 saturated heterocycles. The third kappa shape index (κ3) is 4.55. The van der Waals surface area contributed by atoms with E-state index < -0.39 is 52.5 Å². The third-order valence-corrected chi connectivity index (χ3v) is 5.83. The maximum atomic E-state index is 13.9. The summed E-state index contributed by atoms with van der Waals surface area (Å²) in [5.41, 5.74) is -0.0835. The van der Waals surface area contributed by atoms with Gasteiger partial charge in [-0.1, -0.05) is 6.42 Å². The number of rotatable bonds is 6. The van der Waals surface area contributed by atoms with Crippen LogP contribution in [0.25, 0.3) is 0 Å². The number of aryl methyl sites for hydroxylation is 1. The van der Waals surface area contributed by atoms with Crippen molar-refractivity contribution < 1.29 is 53.8 Å². The second-order valence-electron chi connectivity index (χ2n) is 7.40. The fraction of sp³-hybridized carbons (Fsp3) is 0.667. The Kier molecular flexibility index (Phi) is 7.18. The van der Waals surface area contributed by atoms with Crippen molar-refractivity contribution in [2.75, 3.05) is 5.32 Å². The summed E-state index contributed by atoms with van der Waals surface area (Å²) < 4.78 is 123. The number of nitrogens with one attached hydrogen (secondary N) is 1. The van der Waals surface area contributed by atoms with Crippen molar-refractivity contribution in [2.45, 2.75) is 76.0 Å². The number of esters is 1. The number of fused-ring (bicyclic) bond motifs is 1. The zero-order valence-corrected chi connectivity index (χ0v) is 17.5. The number of anilines is 1. The molecule has 2 rings (SSSR count). The molecular formula is C18H18F9NO3S. The van der Waals surface area contributed by atoms with Gasteiger partial charge in [-0.15, -0.1) is 11.3 Å². The highest BCUT2D eigenvalue weighted by molar-refractivity contribution is 7.17. The van der Waals surface area contributed by atoms with Gasteiger partial charge in [0.05, 0.1) is 11.7 Å². The molecule has 0 atom stereocenters. The van der Waals surface area contributed by atoms with E-state index in [-0.39, 0.29) is 6.42 Å². The Hall–Kier alpha value is -1.99. The number of carbonyl (C=O) groups excluding carboxylic acids is 2. The smallest absolute Gasteiger partial charge is 0.459 e. The van der Waals surface area contributed by atoms with E-state index in [1.165, 1.54) is 19.2 Å². The Balaban J connectivity index is 2.47. The van der Waals surface area contributed by atoms with Crippen molar-refractivity contribution in [1.82, 2.24) is 0 Å². The molecule has 0 fully saturated rings. The minimum absolute atomic E-state index is 0.267. The average molecular weight is 499 g/mol. The van der Waals surface area contributed by atoms with Crippen LogP contribution in [0.4, 0.5) is 44.5 Å². The summed E-state index contributed by atoms with van der Waals surface area (Å²) in [6, 6.07) is 0. The quantitative estimate of drug-likeness (QED) is 0.297. The molecule has 0 aliphatic heterocycles. The largest absolute Gasteiger partial charge is 0.460 e. The molecule has 1 aliphatic carbocycles. The fourth-order valence-corrected chi connectivity index (χ4v) is 4.29. The van der Waals surface area contributed by atoms with Gasteiger partial charge in [-0.3, -0.25) is 4.79 Å². The Morgan fingerprint density at radius 3 is 2.00 bits per heavy atom. The van der Waals surface area contributed by atoms with Crippen LogP contribution >= 0.6 is 11.3 Å². The number of ether oxygens (including phenoxy) is 1. The molecule has 4 nitrogen and oxygen atoms in total. The van der Waals surface area contributed by atoms with Crippen LogP contribution in [0.1, 0.15) is 53.9 Å². The number of hydrogen-bond acceptors (Lipinski definition) is 4. The van der Waals surface area contributed by atoms with E-state index >= 15 is 0 Å². The monoisotopic (exact) mass is 499 g/mol. The van der Waals surface area contributed by atoms with Gasteiger partial charge in [-0.25, -0.2) is 4.79 Å². The molecule has 0 saturated carbocycles. The second kappa shape index (κ2) is 8.75. The summed E-state index contributed by atoms with van der Waals surface area (Å²) >= 11 is 0.578. The minimum atomic E-state index is -7.20. The molecule has 32 heavy (non-hydrogen) atoms. The SMILES string of the molecule is CC(C)OC(=O)c1c(NC(=O)C(F)(F)C(F)(F)C(F)(F)C(F)(F)F)sc2c1CCCCC2. The highest BCUT2D eigenvalue weighted by Gasteiger charge is 2.83. The zero-order valence-electron chi connectivity index (χ0n) is 16.6. The predicted octanol–water partition coefficient (Wildman–Crippen LogP) is 5.99. The molecule has 1 N–H and O–H groups in total. The molecule has 0 bridgehead atoms. The molecule has 0 unspecified atom stereocenters. The Labute approximate surface area is 180 Å². The van der Waals surface area contributed by atoms with Crippen LogP contribution in [-0.2, 0) is 22.4 Å². The van der Waals surface area contributed by atoms with Gasteiger partial charge in [0.2, 0.25) is 0 Å². The zero-order chi connectivity index (χ0) is 24.7. The highest BCUT2D eigenvalue weighted by atomic mass is 32.1. The first-order valence-electron chi connectivity index (χ1n) is 9.32. The molecule has 182 valence electrons. The van der Waals surface area contributed by atoms with Gasteiger partial charge in [0.15, 0.2) is 0 Å². The molecular weight excluding hydrogens is 481 g/mol. The Morgan fingerprint density at radius 1 is 0.906 bits per heavy atom. The minimum Gasteiger partial charge on any atom is -0.459 e. The fourth-order valence-electron chi connectivity index (χ4n) is 3.02. The maximum Gasteiger partial charge on any atom is 0.460 e. The highest BCUT2D eigenvalue weighted by Crippen LogP contribution is 2.53. The predicted molar refractivity (Wildman–Crippen MR) is 95.7 cm³/mol. The summed E-state index contributed by atoms with van der Waals surface area (Å²) in [4.78, 5) is 24.8. The van der Waals surface area contributed by atoms with Gasteiger partial charge in [-0.2, -0.15) is 39.5 Å². The van der Waals surface area contributed by atoms with E-state index in [9.17, 15) is 49.1 Å². The summed E-state index contributed by atoms with van der Waals surface area (Å²) in [6.45, 7) is 2.91. The van der Waals surface area contributed by atoms with Crippen molar-refractivity contribution in [3.8, 4) is 0 Å². The lowest BCUT2D eigenvalue weighted by Crippen LogP contribution is -2.64. The lowest BCUT2D eigenvalue weighted by atomic mass is 10.0. The lowest BCUT2D eigenvalue weighted by molar-refractivity contribution is -0.388. The van der Waals surface area contributed by atoms with Crippen molar-refractivity contribution in [3.05, 3.63) is 16.0 Å². The second-order valence-corrected chi connectivity index (χ2v) is 8.50. The lowest BCUT2D eigenvalue weighted by Gasteiger charge is -2.32. The number of amides is 1.